The van der Waals surface area contributed by atoms with E-state index in [2.05, 4.69) is 10.6 Å². The van der Waals surface area contributed by atoms with Gasteiger partial charge in [-0.1, -0.05) is 23.9 Å². The number of carboxylic acids is 1. The van der Waals surface area contributed by atoms with Gasteiger partial charge in [0, 0.05) is 4.90 Å². The number of halogens is 2. The topological polar surface area (TPSA) is 98.7 Å². The third-order valence-electron chi connectivity index (χ3n) is 2.09. The number of carbonyl (C=O) groups excluding carboxylic acids is 1. The van der Waals surface area contributed by atoms with Crippen LogP contribution in [0.5, 0.6) is 0 Å². The number of aliphatic hydroxyl groups excluding tert-OH is 1. The van der Waals surface area contributed by atoms with E-state index in [4.69, 9.17) is 10.2 Å². The molecular weight excluding hydrogens is 294 g/mol. The van der Waals surface area contributed by atoms with Crippen LogP contribution >= 0.6 is 11.8 Å². The minimum absolute atomic E-state index is 0.167. The van der Waals surface area contributed by atoms with E-state index in [0.29, 0.717) is 0 Å². The van der Waals surface area contributed by atoms with Crippen LogP contribution in [0.15, 0.2) is 29.2 Å². The molecule has 20 heavy (non-hydrogen) atoms. The smallest absolute Gasteiger partial charge is 0.334 e. The highest BCUT2D eigenvalue weighted by Gasteiger charge is 2.15. The van der Waals surface area contributed by atoms with Crippen LogP contribution in [-0.4, -0.2) is 40.6 Å². The molecule has 110 valence electrons. The Morgan fingerprint density at radius 3 is 2.55 bits per heavy atom. The van der Waals surface area contributed by atoms with Gasteiger partial charge in [0.1, 0.15) is 0 Å². The second-order valence-electron chi connectivity index (χ2n) is 3.56. The fourth-order valence-electron chi connectivity index (χ4n) is 1.21. The summed E-state index contributed by atoms with van der Waals surface area (Å²) in [5, 5.41) is 21.8. The summed E-state index contributed by atoms with van der Waals surface area (Å²) in [6.45, 7) is -0.495. The van der Waals surface area contributed by atoms with Crippen LogP contribution in [0, 0.1) is 0 Å². The van der Waals surface area contributed by atoms with Crippen molar-refractivity contribution in [1.29, 1.82) is 0 Å². The molecule has 2 amide bonds. The lowest BCUT2D eigenvalue weighted by Crippen LogP contribution is -2.38. The largest absolute Gasteiger partial charge is 0.479 e. The van der Waals surface area contributed by atoms with Crippen molar-refractivity contribution in [2.75, 3.05) is 11.9 Å². The zero-order valence-corrected chi connectivity index (χ0v) is 10.9. The lowest BCUT2D eigenvalue weighted by Gasteiger charge is -2.12. The SMILES string of the molecule is O=C(NCC(O)C(=O)O)Nc1ccccc1SC(F)F. The van der Waals surface area contributed by atoms with Crippen molar-refractivity contribution in [3.05, 3.63) is 24.3 Å². The Kier molecular flexibility index (Phi) is 6.19. The second-order valence-corrected chi connectivity index (χ2v) is 4.60. The van der Waals surface area contributed by atoms with Gasteiger partial charge in [0.05, 0.1) is 12.2 Å². The third-order valence-corrected chi connectivity index (χ3v) is 2.88. The molecule has 1 aromatic carbocycles. The van der Waals surface area contributed by atoms with E-state index < -0.39 is 30.4 Å². The molecule has 0 aliphatic heterocycles. The Bertz CT molecular complexity index is 487. The number of aliphatic carboxylic acids is 1. The molecule has 0 aliphatic carbocycles. The number of hydrogen-bond acceptors (Lipinski definition) is 4. The molecule has 0 aliphatic rings. The molecule has 0 fully saturated rings. The normalized spacial score (nSPS) is 12.0. The summed E-state index contributed by atoms with van der Waals surface area (Å²) in [6.07, 6.45) is -1.73. The lowest BCUT2D eigenvalue weighted by molar-refractivity contribution is -0.146. The number of para-hydroxylation sites is 1. The van der Waals surface area contributed by atoms with E-state index >= 15 is 0 Å². The Morgan fingerprint density at radius 2 is 1.95 bits per heavy atom. The number of thioether (sulfide) groups is 1. The maximum Gasteiger partial charge on any atom is 0.334 e. The van der Waals surface area contributed by atoms with Crippen molar-refractivity contribution in [2.24, 2.45) is 0 Å². The van der Waals surface area contributed by atoms with Crippen LogP contribution in [0.1, 0.15) is 0 Å². The summed E-state index contributed by atoms with van der Waals surface area (Å²) < 4.78 is 24.6. The average Bonchev–Trinajstić information content (AvgIpc) is 2.37. The summed E-state index contributed by atoms with van der Waals surface area (Å²) in [5.74, 6) is -4.10. The van der Waals surface area contributed by atoms with Crippen molar-refractivity contribution < 1.29 is 28.6 Å². The van der Waals surface area contributed by atoms with E-state index in [0.717, 1.165) is 0 Å². The maximum atomic E-state index is 12.3. The molecule has 9 heteroatoms. The Labute approximate surface area is 117 Å². The average molecular weight is 306 g/mol. The van der Waals surface area contributed by atoms with E-state index in [1.54, 1.807) is 12.1 Å². The first kappa shape index (κ1) is 16.2. The van der Waals surface area contributed by atoms with E-state index in [1.807, 2.05) is 0 Å². The molecule has 0 heterocycles. The number of aliphatic hydroxyl groups is 1. The van der Waals surface area contributed by atoms with Crippen molar-refractivity contribution in [3.63, 3.8) is 0 Å². The van der Waals surface area contributed by atoms with Crippen LogP contribution in [0.25, 0.3) is 0 Å². The molecule has 0 bridgehead atoms. The molecule has 0 radical (unpaired) electrons. The molecule has 0 aromatic heterocycles. The quantitative estimate of drug-likeness (QED) is 0.598. The number of anilines is 1. The van der Waals surface area contributed by atoms with Gasteiger partial charge < -0.3 is 20.8 Å². The zero-order chi connectivity index (χ0) is 15.1. The molecule has 0 saturated heterocycles. The first-order valence-electron chi connectivity index (χ1n) is 5.39. The Morgan fingerprint density at radius 1 is 1.30 bits per heavy atom. The standard InChI is InChI=1S/C11H12F2N2O4S/c12-10(13)20-8-4-2-1-3-6(8)15-11(19)14-5-7(16)9(17)18/h1-4,7,10,16H,5H2,(H,17,18)(H2,14,15,19). The van der Waals surface area contributed by atoms with E-state index in [-0.39, 0.29) is 22.3 Å². The summed E-state index contributed by atoms with van der Waals surface area (Å²) in [4.78, 5) is 22.0. The van der Waals surface area contributed by atoms with Crippen molar-refractivity contribution in [1.82, 2.24) is 5.32 Å². The Hall–Kier alpha value is -1.87. The number of nitrogens with one attached hydrogen (secondary N) is 2. The van der Waals surface area contributed by atoms with Crippen LogP contribution in [0.4, 0.5) is 19.3 Å². The van der Waals surface area contributed by atoms with Gasteiger partial charge in [-0.2, -0.15) is 8.78 Å². The van der Waals surface area contributed by atoms with E-state index in [9.17, 15) is 18.4 Å². The molecule has 1 unspecified atom stereocenters. The molecule has 4 N–H and O–H groups in total. The van der Waals surface area contributed by atoms with Crippen LogP contribution < -0.4 is 10.6 Å². The van der Waals surface area contributed by atoms with Gasteiger partial charge in [0.15, 0.2) is 6.10 Å². The maximum absolute atomic E-state index is 12.3. The van der Waals surface area contributed by atoms with Gasteiger partial charge in [-0.25, -0.2) is 9.59 Å². The van der Waals surface area contributed by atoms with Gasteiger partial charge in [-0.05, 0) is 12.1 Å². The van der Waals surface area contributed by atoms with Gasteiger partial charge in [-0.15, -0.1) is 0 Å². The second kappa shape index (κ2) is 7.65. The molecule has 0 saturated carbocycles. The molecule has 0 spiro atoms. The lowest BCUT2D eigenvalue weighted by atomic mass is 10.3. The van der Waals surface area contributed by atoms with Crippen molar-refractivity contribution in [2.45, 2.75) is 16.8 Å². The highest BCUT2D eigenvalue weighted by Crippen LogP contribution is 2.31. The molecule has 1 atom stereocenters. The zero-order valence-electron chi connectivity index (χ0n) is 10.0. The fourth-order valence-corrected chi connectivity index (χ4v) is 1.81. The number of carbonyl (C=O) groups is 2. The minimum atomic E-state index is -2.63. The van der Waals surface area contributed by atoms with Gasteiger partial charge in [-0.3, -0.25) is 0 Å². The molecule has 1 aromatic rings. The van der Waals surface area contributed by atoms with Crippen LogP contribution in [-0.2, 0) is 4.79 Å². The predicted octanol–water partition coefficient (Wildman–Crippen LogP) is 1.57. The molecular formula is C11H12F2N2O4S. The van der Waals surface area contributed by atoms with E-state index in [1.165, 1.54) is 12.1 Å². The van der Waals surface area contributed by atoms with Gasteiger partial charge in [0.2, 0.25) is 0 Å². The fraction of sp³-hybridized carbons (Fsp3) is 0.273. The summed E-state index contributed by atoms with van der Waals surface area (Å²) in [7, 11) is 0. The first-order valence-corrected chi connectivity index (χ1v) is 6.27. The van der Waals surface area contributed by atoms with Crippen molar-refractivity contribution >= 4 is 29.4 Å². The number of benzene rings is 1. The van der Waals surface area contributed by atoms with Crippen LogP contribution in [0.3, 0.4) is 0 Å². The summed E-state index contributed by atoms with van der Waals surface area (Å²) in [5.41, 5.74) is 0.167. The monoisotopic (exact) mass is 306 g/mol. The summed E-state index contributed by atoms with van der Waals surface area (Å²) >= 11 is 0.277. The highest BCUT2D eigenvalue weighted by atomic mass is 32.2. The number of amides is 2. The van der Waals surface area contributed by atoms with Crippen LogP contribution in [0.2, 0.25) is 0 Å². The highest BCUT2D eigenvalue weighted by molar-refractivity contribution is 7.99. The third kappa shape index (κ3) is 5.41. The number of hydrogen-bond donors (Lipinski definition) is 4. The number of rotatable bonds is 6. The first-order chi connectivity index (χ1) is 9.40. The molecule has 1 rings (SSSR count). The minimum Gasteiger partial charge on any atom is -0.479 e. The van der Waals surface area contributed by atoms with Gasteiger partial charge >= 0.3 is 12.0 Å². The predicted molar refractivity (Wildman–Crippen MR) is 69.0 cm³/mol. The number of alkyl halides is 2. The number of carboxylic acid groups (broad SMARTS) is 1. The van der Waals surface area contributed by atoms with Crippen molar-refractivity contribution in [3.8, 4) is 0 Å². The molecule has 6 nitrogen and oxygen atoms in total. The summed E-state index contributed by atoms with van der Waals surface area (Å²) in [6, 6.07) is 5.14. The Balaban J connectivity index is 2.59. The number of urea groups is 1. The van der Waals surface area contributed by atoms with Gasteiger partial charge in [0.25, 0.3) is 5.76 Å².